The third kappa shape index (κ3) is 5.12. The van der Waals surface area contributed by atoms with Gasteiger partial charge in [-0.05, 0) is 6.07 Å². The lowest BCUT2D eigenvalue weighted by molar-refractivity contribution is -0.856. The van der Waals surface area contributed by atoms with Crippen molar-refractivity contribution in [1.82, 2.24) is 10.2 Å². The van der Waals surface area contributed by atoms with Gasteiger partial charge in [-0.3, -0.25) is 9.59 Å². The van der Waals surface area contributed by atoms with E-state index in [0.717, 1.165) is 12.1 Å². The van der Waals surface area contributed by atoms with E-state index in [1.807, 2.05) is 38.4 Å². The number of likely N-dealkylation sites (N-methyl/N-ethyl adjacent to an activating group) is 1. The molecular formula is C16H23ClN3O2S+. The van der Waals surface area contributed by atoms with Gasteiger partial charge in [0.05, 0.1) is 32.9 Å². The molecule has 0 unspecified atom stereocenters. The molecule has 5 nitrogen and oxygen atoms in total. The summed E-state index contributed by atoms with van der Waals surface area (Å²) in [6, 6.07) is 7.55. The second-order valence-corrected chi connectivity index (χ2v) is 7.30. The van der Waals surface area contributed by atoms with Gasteiger partial charge in [0.1, 0.15) is 5.37 Å². The van der Waals surface area contributed by atoms with E-state index in [1.165, 1.54) is 4.90 Å². The number of halogens is 1. The highest BCUT2D eigenvalue weighted by Gasteiger charge is 2.33. The number of benzene rings is 1. The van der Waals surface area contributed by atoms with E-state index in [9.17, 15) is 9.59 Å². The molecule has 1 saturated heterocycles. The van der Waals surface area contributed by atoms with Gasteiger partial charge in [0, 0.05) is 23.6 Å². The normalized spacial score (nSPS) is 17.8. The summed E-state index contributed by atoms with van der Waals surface area (Å²) in [6.07, 6.45) is 0.315. The summed E-state index contributed by atoms with van der Waals surface area (Å²) in [5.74, 6) is 0.473. The Kier molecular flexibility index (Phi) is 6.74. The van der Waals surface area contributed by atoms with Crippen molar-refractivity contribution < 1.29 is 14.5 Å². The van der Waals surface area contributed by atoms with E-state index in [2.05, 4.69) is 5.32 Å². The zero-order valence-corrected chi connectivity index (χ0v) is 15.0. The molecule has 1 aliphatic heterocycles. The Morgan fingerprint density at radius 2 is 2.17 bits per heavy atom. The van der Waals surface area contributed by atoms with Gasteiger partial charge in [0.25, 0.3) is 0 Å². The summed E-state index contributed by atoms with van der Waals surface area (Å²) in [7, 11) is 4.08. The molecule has 2 amide bonds. The van der Waals surface area contributed by atoms with Gasteiger partial charge in [-0.1, -0.05) is 29.8 Å². The van der Waals surface area contributed by atoms with Crippen LogP contribution in [0.5, 0.6) is 0 Å². The number of hydrogen-bond acceptors (Lipinski definition) is 3. The van der Waals surface area contributed by atoms with Crippen LogP contribution in [-0.4, -0.2) is 56.2 Å². The maximum absolute atomic E-state index is 12.1. The van der Waals surface area contributed by atoms with Crippen molar-refractivity contribution >= 4 is 35.2 Å². The van der Waals surface area contributed by atoms with Gasteiger partial charge in [0.2, 0.25) is 11.8 Å². The Bertz CT molecular complexity index is 568. The maximum Gasteiger partial charge on any atom is 0.233 e. The third-order valence-electron chi connectivity index (χ3n) is 3.67. The van der Waals surface area contributed by atoms with Gasteiger partial charge >= 0.3 is 0 Å². The number of amides is 2. The number of hydrogen-bond donors (Lipinski definition) is 2. The number of nitrogens with zero attached hydrogens (tertiary/aromatic N) is 1. The SMILES string of the molecule is C[NH+](C)CCNC(=O)CCN1C(=O)CS[C@@H]1c1ccccc1Cl. The number of rotatable bonds is 7. The fourth-order valence-corrected chi connectivity index (χ4v) is 3.95. The van der Waals surface area contributed by atoms with E-state index in [0.29, 0.717) is 30.3 Å². The van der Waals surface area contributed by atoms with Gasteiger partial charge in [-0.2, -0.15) is 0 Å². The first kappa shape index (κ1) is 18.1. The highest BCUT2D eigenvalue weighted by molar-refractivity contribution is 8.00. The smallest absolute Gasteiger partial charge is 0.233 e. The molecule has 0 spiro atoms. The summed E-state index contributed by atoms with van der Waals surface area (Å²) in [6.45, 7) is 1.95. The Balaban J connectivity index is 1.91. The minimum Gasteiger partial charge on any atom is -0.350 e. The predicted molar refractivity (Wildman–Crippen MR) is 93.7 cm³/mol. The summed E-state index contributed by atoms with van der Waals surface area (Å²) in [4.78, 5) is 27.1. The molecule has 1 aromatic carbocycles. The van der Waals surface area contributed by atoms with E-state index >= 15 is 0 Å². The molecule has 126 valence electrons. The van der Waals surface area contributed by atoms with Gasteiger partial charge in [0.15, 0.2) is 0 Å². The summed E-state index contributed by atoms with van der Waals surface area (Å²) in [5, 5.41) is 3.44. The molecule has 2 rings (SSSR count). The quantitative estimate of drug-likeness (QED) is 0.751. The van der Waals surface area contributed by atoms with Crippen molar-refractivity contribution in [2.75, 3.05) is 39.5 Å². The Morgan fingerprint density at radius 1 is 1.43 bits per heavy atom. The van der Waals surface area contributed by atoms with Crippen LogP contribution in [0.4, 0.5) is 0 Å². The lowest BCUT2D eigenvalue weighted by Crippen LogP contribution is -3.06. The number of carbonyl (C=O) groups is 2. The van der Waals surface area contributed by atoms with Crippen molar-refractivity contribution in [2.45, 2.75) is 11.8 Å². The highest BCUT2D eigenvalue weighted by atomic mass is 35.5. The third-order valence-corrected chi connectivity index (χ3v) is 5.25. The Morgan fingerprint density at radius 3 is 2.87 bits per heavy atom. The Labute approximate surface area is 146 Å². The average molecular weight is 357 g/mol. The van der Waals surface area contributed by atoms with Crippen LogP contribution < -0.4 is 10.2 Å². The lowest BCUT2D eigenvalue weighted by Gasteiger charge is -2.24. The minimum atomic E-state index is -0.102. The molecule has 0 aliphatic carbocycles. The van der Waals surface area contributed by atoms with Gasteiger partial charge in [-0.15, -0.1) is 11.8 Å². The number of nitrogens with one attached hydrogen (secondary N) is 2. The zero-order chi connectivity index (χ0) is 16.8. The van der Waals surface area contributed by atoms with Crippen LogP contribution in [-0.2, 0) is 9.59 Å². The maximum atomic E-state index is 12.1. The van der Waals surface area contributed by atoms with Crippen LogP contribution in [0.3, 0.4) is 0 Å². The second-order valence-electron chi connectivity index (χ2n) is 5.83. The van der Waals surface area contributed by atoms with Crippen LogP contribution >= 0.6 is 23.4 Å². The van der Waals surface area contributed by atoms with E-state index in [1.54, 1.807) is 16.7 Å². The molecule has 0 bridgehead atoms. The molecule has 2 N–H and O–H groups in total. The van der Waals surface area contributed by atoms with Crippen LogP contribution in [0.25, 0.3) is 0 Å². The number of quaternary nitrogens is 1. The molecule has 1 aliphatic rings. The molecular weight excluding hydrogens is 334 g/mol. The topological polar surface area (TPSA) is 53.9 Å². The molecule has 1 atom stereocenters. The molecule has 0 saturated carbocycles. The number of thioether (sulfide) groups is 1. The molecule has 1 aromatic rings. The van der Waals surface area contributed by atoms with Gasteiger partial charge in [-0.25, -0.2) is 0 Å². The first-order chi connectivity index (χ1) is 11.0. The predicted octanol–water partition coefficient (Wildman–Crippen LogP) is 0.565. The number of carbonyl (C=O) groups excluding carboxylic acids is 2. The molecule has 1 fully saturated rings. The van der Waals surface area contributed by atoms with Crippen molar-refractivity contribution in [3.63, 3.8) is 0 Å². The van der Waals surface area contributed by atoms with Crippen LogP contribution in [0.15, 0.2) is 24.3 Å². The Hall–Kier alpha value is -1.24. The molecule has 0 radical (unpaired) electrons. The lowest BCUT2D eigenvalue weighted by atomic mass is 10.2. The van der Waals surface area contributed by atoms with Gasteiger partial charge < -0.3 is 15.1 Å². The fraction of sp³-hybridized carbons (Fsp3) is 0.500. The summed E-state index contributed by atoms with van der Waals surface area (Å²) < 4.78 is 0. The van der Waals surface area contributed by atoms with Crippen LogP contribution in [0.1, 0.15) is 17.4 Å². The molecule has 23 heavy (non-hydrogen) atoms. The first-order valence-electron chi connectivity index (χ1n) is 7.70. The molecule has 0 aromatic heterocycles. The average Bonchev–Trinajstić information content (AvgIpc) is 2.86. The summed E-state index contributed by atoms with van der Waals surface area (Å²) >= 11 is 7.80. The van der Waals surface area contributed by atoms with E-state index in [-0.39, 0.29) is 17.2 Å². The van der Waals surface area contributed by atoms with Crippen molar-refractivity contribution in [3.05, 3.63) is 34.9 Å². The van der Waals surface area contributed by atoms with E-state index < -0.39 is 0 Å². The molecule has 7 heteroatoms. The molecule has 1 heterocycles. The second kappa shape index (κ2) is 8.57. The minimum absolute atomic E-state index is 0.0196. The highest BCUT2D eigenvalue weighted by Crippen LogP contribution is 2.41. The monoisotopic (exact) mass is 356 g/mol. The summed E-state index contributed by atoms with van der Waals surface area (Å²) in [5.41, 5.74) is 0.932. The fourth-order valence-electron chi connectivity index (χ4n) is 2.39. The van der Waals surface area contributed by atoms with E-state index in [4.69, 9.17) is 11.6 Å². The zero-order valence-electron chi connectivity index (χ0n) is 13.5. The largest absolute Gasteiger partial charge is 0.350 e. The van der Waals surface area contributed by atoms with Crippen molar-refractivity contribution in [2.24, 2.45) is 0 Å². The van der Waals surface area contributed by atoms with Crippen molar-refractivity contribution in [1.29, 1.82) is 0 Å². The standard InChI is InChI=1S/C16H22ClN3O2S/c1-19(2)10-8-18-14(21)7-9-20-15(22)11-23-16(20)12-5-3-4-6-13(12)17/h3-6,16H,7-11H2,1-2H3,(H,18,21)/p+1/t16-/m1/s1. The van der Waals surface area contributed by atoms with Crippen LogP contribution in [0.2, 0.25) is 5.02 Å². The van der Waals surface area contributed by atoms with Crippen LogP contribution in [0, 0.1) is 0 Å². The van der Waals surface area contributed by atoms with Crippen molar-refractivity contribution in [3.8, 4) is 0 Å². The first-order valence-corrected chi connectivity index (χ1v) is 9.13.